The number of anilines is 1. The van der Waals surface area contributed by atoms with Crippen LogP contribution in [0, 0.1) is 11.8 Å². The highest BCUT2D eigenvalue weighted by Crippen LogP contribution is 2.64. The maximum atomic E-state index is 14.7. The Balaban J connectivity index is 1.76. The van der Waals surface area contributed by atoms with Gasteiger partial charge in [0.05, 0.1) is 24.0 Å². The average molecular weight is 610 g/mol. The highest BCUT2D eigenvalue weighted by atomic mass is 16.5. The van der Waals surface area contributed by atoms with Gasteiger partial charge in [0.15, 0.2) is 0 Å². The fourth-order valence-electron chi connectivity index (χ4n) is 7.72. The van der Waals surface area contributed by atoms with E-state index in [9.17, 15) is 19.5 Å². The molecule has 3 fully saturated rings. The number of likely N-dealkylation sites (tertiary alicyclic amines) is 1. The van der Waals surface area contributed by atoms with Crippen molar-refractivity contribution < 1.29 is 29.0 Å². The maximum absolute atomic E-state index is 14.7. The number of ether oxygens (including phenoxy) is 2. The number of hydrogen-bond donors (Lipinski definition) is 1. The van der Waals surface area contributed by atoms with E-state index in [4.69, 9.17) is 9.47 Å². The number of aliphatic hydroxyl groups is 1. The van der Waals surface area contributed by atoms with Crippen LogP contribution in [0.3, 0.4) is 0 Å². The van der Waals surface area contributed by atoms with Crippen molar-refractivity contribution in [1.82, 2.24) is 9.80 Å². The van der Waals surface area contributed by atoms with Crippen LogP contribution in [0.5, 0.6) is 5.75 Å². The van der Waals surface area contributed by atoms with Crippen LogP contribution in [0.25, 0.3) is 0 Å². The molecule has 9 nitrogen and oxygen atoms in total. The number of rotatable bonds is 17. The summed E-state index contributed by atoms with van der Waals surface area (Å²) >= 11 is 0. The smallest absolute Gasteiger partial charge is 0.248 e. The second kappa shape index (κ2) is 14.3. The lowest BCUT2D eigenvalue weighted by Crippen LogP contribution is -2.57. The van der Waals surface area contributed by atoms with E-state index in [1.807, 2.05) is 52.0 Å². The molecular weight excluding hydrogens is 558 g/mol. The molecule has 3 aliphatic heterocycles. The van der Waals surface area contributed by atoms with Gasteiger partial charge in [-0.3, -0.25) is 14.4 Å². The molecule has 0 aromatic heterocycles. The van der Waals surface area contributed by atoms with Crippen LogP contribution in [0.1, 0.15) is 72.6 Å². The molecule has 3 aliphatic rings. The van der Waals surface area contributed by atoms with Gasteiger partial charge >= 0.3 is 0 Å². The van der Waals surface area contributed by atoms with Crippen molar-refractivity contribution >= 4 is 23.4 Å². The second-order valence-electron chi connectivity index (χ2n) is 12.5. The van der Waals surface area contributed by atoms with E-state index >= 15 is 0 Å². The van der Waals surface area contributed by atoms with Gasteiger partial charge in [0.1, 0.15) is 17.4 Å². The topological polar surface area (TPSA) is 99.6 Å². The Morgan fingerprint density at radius 1 is 1.07 bits per heavy atom. The van der Waals surface area contributed by atoms with Crippen LogP contribution < -0.4 is 9.64 Å². The molecule has 1 spiro atoms. The lowest BCUT2D eigenvalue weighted by Gasteiger charge is -2.38. The predicted molar refractivity (Wildman–Crippen MR) is 171 cm³/mol. The quantitative estimate of drug-likeness (QED) is 0.203. The molecule has 9 heteroatoms. The Morgan fingerprint density at radius 3 is 2.34 bits per heavy atom. The van der Waals surface area contributed by atoms with Crippen molar-refractivity contribution in [3.05, 3.63) is 49.6 Å². The maximum Gasteiger partial charge on any atom is 0.248 e. The van der Waals surface area contributed by atoms with E-state index in [0.717, 1.165) is 12.8 Å². The Hall–Kier alpha value is -3.17. The van der Waals surface area contributed by atoms with Crippen molar-refractivity contribution in [2.24, 2.45) is 11.8 Å². The zero-order chi connectivity index (χ0) is 32.1. The summed E-state index contributed by atoms with van der Waals surface area (Å²) in [6.45, 7) is 17.3. The number of unbranched alkanes of at least 4 members (excludes halogenated alkanes) is 3. The average Bonchev–Trinajstić information content (AvgIpc) is 3.62. The summed E-state index contributed by atoms with van der Waals surface area (Å²) in [4.78, 5) is 48.9. The molecule has 3 heterocycles. The zero-order valence-electron chi connectivity index (χ0n) is 27.0. The Bertz CT molecular complexity index is 1200. The first-order valence-electron chi connectivity index (χ1n) is 16.3. The Labute approximate surface area is 262 Å². The third-order valence-electron chi connectivity index (χ3n) is 9.76. The van der Waals surface area contributed by atoms with E-state index in [-0.39, 0.29) is 36.9 Å². The fraction of sp³-hybridized carbons (Fsp3) is 0.629. The molecule has 2 unspecified atom stereocenters. The highest BCUT2D eigenvalue weighted by Gasteiger charge is 2.79. The fourth-order valence-corrected chi connectivity index (χ4v) is 7.72. The van der Waals surface area contributed by atoms with Gasteiger partial charge in [-0.25, -0.2) is 0 Å². The number of fused-ring (bicyclic) bond motifs is 1. The summed E-state index contributed by atoms with van der Waals surface area (Å²) < 4.78 is 12.6. The Morgan fingerprint density at radius 2 is 1.75 bits per heavy atom. The zero-order valence-corrected chi connectivity index (χ0v) is 27.0. The van der Waals surface area contributed by atoms with Crippen LogP contribution in [0.15, 0.2) is 49.6 Å². The monoisotopic (exact) mass is 609 g/mol. The van der Waals surface area contributed by atoms with Crippen LogP contribution >= 0.6 is 0 Å². The number of aliphatic hydroxyl groups excluding tert-OH is 1. The number of carbonyl (C=O) groups is 3. The van der Waals surface area contributed by atoms with Crippen LogP contribution in [-0.2, 0) is 19.1 Å². The van der Waals surface area contributed by atoms with Gasteiger partial charge in [-0.2, -0.15) is 0 Å². The van der Waals surface area contributed by atoms with Crippen molar-refractivity contribution in [3.8, 4) is 5.75 Å². The van der Waals surface area contributed by atoms with E-state index < -0.39 is 29.1 Å². The van der Waals surface area contributed by atoms with E-state index in [1.54, 1.807) is 26.9 Å². The van der Waals surface area contributed by atoms with Crippen molar-refractivity contribution in [2.75, 3.05) is 37.7 Å². The summed E-state index contributed by atoms with van der Waals surface area (Å²) in [6.07, 6.45) is 8.18. The lowest BCUT2D eigenvalue weighted by molar-refractivity contribution is -0.153. The summed E-state index contributed by atoms with van der Waals surface area (Å²) in [5.41, 5.74) is -1.23. The minimum absolute atomic E-state index is 0.101. The normalized spacial score (nSPS) is 27.0. The standard InChI is InChI=1S/C35H51N3O6/c1-7-21-36(25(5)6)33(42)30-35-20-19-34(9-3,44-35)28(29(35)32(41)38(30)23-13-11-12-14-24-39)31(40)37(22-8-2)26-15-17-27(18-16-26)43-10-4/h7-8,15-18,25,28-30,39H,1-2,9-14,19-24H2,3-6H3/t28-,29-,30?,34+,35?/m0/s1. The predicted octanol–water partition coefficient (Wildman–Crippen LogP) is 4.73. The highest BCUT2D eigenvalue weighted by molar-refractivity contribution is 6.03. The number of hydrogen-bond acceptors (Lipinski definition) is 6. The molecular formula is C35H51N3O6. The molecule has 2 bridgehead atoms. The van der Waals surface area contributed by atoms with E-state index in [2.05, 4.69) is 13.2 Å². The molecule has 0 saturated carbocycles. The number of nitrogens with zero attached hydrogens (tertiary/aromatic N) is 3. The molecule has 5 atom stereocenters. The first-order valence-corrected chi connectivity index (χ1v) is 16.3. The Kier molecular flexibility index (Phi) is 10.9. The number of amides is 3. The molecule has 4 rings (SSSR count). The van der Waals surface area contributed by atoms with Gasteiger partial charge in [-0.15, -0.1) is 13.2 Å². The van der Waals surface area contributed by atoms with Gasteiger partial charge in [0.2, 0.25) is 17.7 Å². The van der Waals surface area contributed by atoms with Gasteiger partial charge in [0.25, 0.3) is 0 Å². The number of benzene rings is 1. The summed E-state index contributed by atoms with van der Waals surface area (Å²) in [5.74, 6) is -1.29. The first kappa shape index (κ1) is 33.7. The van der Waals surface area contributed by atoms with Crippen molar-refractivity contribution in [3.63, 3.8) is 0 Å². The van der Waals surface area contributed by atoms with Crippen molar-refractivity contribution in [2.45, 2.75) is 95.9 Å². The van der Waals surface area contributed by atoms with Crippen LogP contribution in [0.2, 0.25) is 0 Å². The van der Waals surface area contributed by atoms with Crippen LogP contribution in [0.4, 0.5) is 5.69 Å². The number of carbonyl (C=O) groups excluding carboxylic acids is 3. The molecule has 0 radical (unpaired) electrons. The van der Waals surface area contributed by atoms with Crippen LogP contribution in [-0.4, -0.2) is 88.8 Å². The summed E-state index contributed by atoms with van der Waals surface area (Å²) in [6, 6.07) is 6.47. The molecule has 0 aliphatic carbocycles. The molecule has 3 saturated heterocycles. The lowest BCUT2D eigenvalue weighted by atomic mass is 9.64. The third-order valence-corrected chi connectivity index (χ3v) is 9.76. The van der Waals surface area contributed by atoms with Gasteiger partial charge in [0, 0.05) is 38.0 Å². The molecule has 3 amide bonds. The molecule has 242 valence electrons. The first-order chi connectivity index (χ1) is 21.2. The van der Waals surface area contributed by atoms with Crippen molar-refractivity contribution in [1.29, 1.82) is 0 Å². The molecule has 1 aromatic carbocycles. The minimum Gasteiger partial charge on any atom is -0.494 e. The second-order valence-corrected chi connectivity index (χ2v) is 12.5. The van der Waals surface area contributed by atoms with Gasteiger partial charge in [-0.1, -0.05) is 31.9 Å². The molecule has 44 heavy (non-hydrogen) atoms. The minimum atomic E-state index is -1.08. The van der Waals surface area contributed by atoms with E-state index in [1.165, 1.54) is 0 Å². The summed E-state index contributed by atoms with van der Waals surface area (Å²) in [5, 5.41) is 9.22. The third kappa shape index (κ3) is 5.93. The van der Waals surface area contributed by atoms with Gasteiger partial charge in [-0.05, 0) is 77.1 Å². The largest absolute Gasteiger partial charge is 0.494 e. The SMILES string of the molecule is C=CCN(C(=O)[C@@H]1[C@H]2C(=O)N(CCCCCCO)C(C(=O)N(CC=C)C(C)C)C23CC[C@@]1(CC)O3)c1ccc(OCC)cc1. The summed E-state index contributed by atoms with van der Waals surface area (Å²) in [7, 11) is 0. The molecule has 1 aromatic rings. The molecule has 1 N–H and O–H groups in total. The van der Waals surface area contributed by atoms with E-state index in [0.29, 0.717) is 63.2 Å². The van der Waals surface area contributed by atoms with Gasteiger partial charge < -0.3 is 29.3 Å².